The van der Waals surface area contributed by atoms with Crippen molar-refractivity contribution in [2.45, 2.75) is 25.8 Å². The van der Waals surface area contributed by atoms with Gasteiger partial charge in [-0.1, -0.05) is 66.7 Å². The van der Waals surface area contributed by atoms with E-state index in [4.69, 9.17) is 0 Å². The minimum atomic E-state index is -0.0816. The van der Waals surface area contributed by atoms with Gasteiger partial charge in [-0.2, -0.15) is 0 Å². The van der Waals surface area contributed by atoms with Gasteiger partial charge in [0.05, 0.1) is 5.69 Å². The summed E-state index contributed by atoms with van der Waals surface area (Å²) in [6.07, 6.45) is 3.36. The van der Waals surface area contributed by atoms with E-state index >= 15 is 0 Å². The summed E-state index contributed by atoms with van der Waals surface area (Å²) in [5.41, 5.74) is 4.55. The van der Waals surface area contributed by atoms with Gasteiger partial charge in [-0.15, -0.1) is 0 Å². The first-order chi connectivity index (χ1) is 15.7. The second kappa shape index (κ2) is 10.4. The van der Waals surface area contributed by atoms with Gasteiger partial charge in [0.2, 0.25) is 0 Å². The zero-order chi connectivity index (χ0) is 22.2. The molecule has 0 saturated carbocycles. The minimum Gasteiger partial charge on any atom is -0.350 e. The molecule has 2 N–H and O–H groups in total. The molecule has 5 nitrogen and oxygen atoms in total. The number of aryl methyl sites for hydroxylation is 1. The number of anilines is 2. The maximum Gasteiger partial charge on any atom is 0.251 e. The van der Waals surface area contributed by atoms with E-state index in [0.717, 1.165) is 29.8 Å². The number of nitrogens with zero attached hydrogens (tertiary/aromatic N) is 2. The van der Waals surface area contributed by atoms with Crippen molar-refractivity contribution in [1.29, 1.82) is 0 Å². The fourth-order valence-corrected chi connectivity index (χ4v) is 3.49. The molecule has 0 saturated heterocycles. The lowest BCUT2D eigenvalue weighted by Gasteiger charge is -2.15. The molecule has 3 aromatic carbocycles. The largest absolute Gasteiger partial charge is 0.350 e. The molecular weight excluding hydrogens is 396 g/mol. The number of nitrogens with one attached hydrogen (secondary N) is 2. The summed E-state index contributed by atoms with van der Waals surface area (Å²) in [4.78, 5) is 21.4. The van der Waals surface area contributed by atoms with E-state index in [0.29, 0.717) is 11.4 Å². The normalized spacial score (nSPS) is 11.5. The highest BCUT2D eigenvalue weighted by Gasteiger charge is 2.11. The van der Waals surface area contributed by atoms with Gasteiger partial charge in [-0.25, -0.2) is 9.97 Å². The SMILES string of the molecule is C[C@H](CCc1ccccc1)NC(=O)c1cccc(Nc2cc(-c3ccccc3)ncn2)c1. The van der Waals surface area contributed by atoms with Crippen molar-refractivity contribution >= 4 is 17.4 Å². The Morgan fingerprint density at radius 1 is 0.875 bits per heavy atom. The molecule has 32 heavy (non-hydrogen) atoms. The Hall–Kier alpha value is -3.99. The minimum absolute atomic E-state index is 0.0783. The molecule has 0 spiro atoms. The molecule has 0 fully saturated rings. The fraction of sp³-hybridized carbons (Fsp3) is 0.148. The Balaban J connectivity index is 1.38. The molecule has 1 heterocycles. The van der Waals surface area contributed by atoms with Crippen LogP contribution in [-0.4, -0.2) is 21.9 Å². The molecule has 4 aromatic rings. The summed E-state index contributed by atoms with van der Waals surface area (Å²) in [7, 11) is 0. The number of hydrogen-bond acceptors (Lipinski definition) is 4. The number of aromatic nitrogens is 2. The summed E-state index contributed by atoms with van der Waals surface area (Å²) < 4.78 is 0. The van der Waals surface area contributed by atoms with Crippen LogP contribution in [0.15, 0.2) is 97.3 Å². The van der Waals surface area contributed by atoms with E-state index in [1.807, 2.05) is 85.8 Å². The highest BCUT2D eigenvalue weighted by atomic mass is 16.1. The van der Waals surface area contributed by atoms with Crippen molar-refractivity contribution in [3.63, 3.8) is 0 Å². The van der Waals surface area contributed by atoms with Crippen molar-refractivity contribution in [3.8, 4) is 11.3 Å². The fourth-order valence-electron chi connectivity index (χ4n) is 3.49. The monoisotopic (exact) mass is 422 g/mol. The smallest absolute Gasteiger partial charge is 0.251 e. The quantitative estimate of drug-likeness (QED) is 0.386. The first-order valence-electron chi connectivity index (χ1n) is 10.8. The lowest BCUT2D eigenvalue weighted by molar-refractivity contribution is 0.0938. The van der Waals surface area contributed by atoms with Gasteiger partial charge in [-0.3, -0.25) is 4.79 Å². The third kappa shape index (κ3) is 5.79. The highest BCUT2D eigenvalue weighted by molar-refractivity contribution is 5.95. The third-order valence-electron chi connectivity index (χ3n) is 5.22. The zero-order valence-corrected chi connectivity index (χ0v) is 18.0. The van der Waals surface area contributed by atoms with Gasteiger partial charge in [0.15, 0.2) is 0 Å². The van der Waals surface area contributed by atoms with Crippen LogP contribution in [0, 0.1) is 0 Å². The summed E-state index contributed by atoms with van der Waals surface area (Å²) in [6, 6.07) is 29.7. The first-order valence-corrected chi connectivity index (χ1v) is 10.8. The Morgan fingerprint density at radius 2 is 1.62 bits per heavy atom. The van der Waals surface area contributed by atoms with Crippen LogP contribution in [0.2, 0.25) is 0 Å². The molecule has 4 rings (SSSR count). The molecule has 0 aliphatic rings. The number of carbonyl (C=O) groups excluding carboxylic acids is 1. The van der Waals surface area contributed by atoms with Gasteiger partial charge in [0.25, 0.3) is 5.91 Å². The van der Waals surface area contributed by atoms with E-state index in [1.165, 1.54) is 11.9 Å². The molecule has 0 aliphatic heterocycles. The van der Waals surface area contributed by atoms with E-state index in [2.05, 4.69) is 32.7 Å². The number of benzene rings is 3. The van der Waals surface area contributed by atoms with Crippen molar-refractivity contribution in [3.05, 3.63) is 108 Å². The maximum atomic E-state index is 12.7. The van der Waals surface area contributed by atoms with Crippen LogP contribution in [0.1, 0.15) is 29.3 Å². The Morgan fingerprint density at radius 3 is 2.41 bits per heavy atom. The van der Waals surface area contributed by atoms with Crippen molar-refractivity contribution in [2.75, 3.05) is 5.32 Å². The molecule has 0 aliphatic carbocycles. The van der Waals surface area contributed by atoms with Crippen LogP contribution in [0.3, 0.4) is 0 Å². The lowest BCUT2D eigenvalue weighted by Crippen LogP contribution is -2.32. The van der Waals surface area contributed by atoms with Crippen LogP contribution in [0.25, 0.3) is 11.3 Å². The predicted molar refractivity (Wildman–Crippen MR) is 129 cm³/mol. The van der Waals surface area contributed by atoms with E-state index in [1.54, 1.807) is 0 Å². The molecule has 1 aromatic heterocycles. The molecule has 5 heteroatoms. The Labute approximate surface area is 188 Å². The van der Waals surface area contributed by atoms with Crippen LogP contribution >= 0.6 is 0 Å². The van der Waals surface area contributed by atoms with Crippen molar-refractivity contribution < 1.29 is 4.79 Å². The third-order valence-corrected chi connectivity index (χ3v) is 5.22. The first kappa shape index (κ1) is 21.2. The van der Waals surface area contributed by atoms with Gasteiger partial charge in [0.1, 0.15) is 12.1 Å². The molecular formula is C27H26N4O. The van der Waals surface area contributed by atoms with Gasteiger partial charge in [0, 0.05) is 28.9 Å². The second-order valence-electron chi connectivity index (χ2n) is 7.76. The highest BCUT2D eigenvalue weighted by Crippen LogP contribution is 2.21. The summed E-state index contributed by atoms with van der Waals surface area (Å²) in [5.74, 6) is 0.592. The molecule has 0 radical (unpaired) electrons. The molecule has 0 bridgehead atoms. The van der Waals surface area contributed by atoms with Gasteiger partial charge < -0.3 is 10.6 Å². The molecule has 1 amide bonds. The Bertz CT molecular complexity index is 1160. The van der Waals surface area contributed by atoms with Crippen LogP contribution < -0.4 is 10.6 Å². The second-order valence-corrected chi connectivity index (χ2v) is 7.76. The van der Waals surface area contributed by atoms with Gasteiger partial charge in [-0.05, 0) is 43.5 Å². The summed E-state index contributed by atoms with van der Waals surface area (Å²) >= 11 is 0. The number of amides is 1. The van der Waals surface area contributed by atoms with Crippen LogP contribution in [-0.2, 0) is 6.42 Å². The number of carbonyl (C=O) groups is 1. The van der Waals surface area contributed by atoms with Crippen molar-refractivity contribution in [2.24, 2.45) is 0 Å². The summed E-state index contributed by atoms with van der Waals surface area (Å²) in [5, 5.41) is 6.37. The number of hydrogen-bond donors (Lipinski definition) is 2. The average molecular weight is 423 g/mol. The van der Waals surface area contributed by atoms with Gasteiger partial charge >= 0.3 is 0 Å². The van der Waals surface area contributed by atoms with E-state index in [9.17, 15) is 4.79 Å². The average Bonchev–Trinajstić information content (AvgIpc) is 2.84. The standard InChI is InChI=1S/C27H26N4O/c1-20(15-16-21-9-4-2-5-10-21)30-27(32)23-13-8-14-24(17-23)31-26-18-25(28-19-29-26)22-11-6-3-7-12-22/h2-14,17-20H,15-16H2,1H3,(H,30,32)(H,28,29,31)/t20-/m1/s1. The Kier molecular flexibility index (Phi) is 6.88. The van der Waals surface area contributed by atoms with Crippen molar-refractivity contribution in [1.82, 2.24) is 15.3 Å². The maximum absolute atomic E-state index is 12.7. The molecule has 0 unspecified atom stereocenters. The number of rotatable bonds is 8. The zero-order valence-electron chi connectivity index (χ0n) is 18.0. The van der Waals surface area contributed by atoms with Crippen LogP contribution in [0.4, 0.5) is 11.5 Å². The van der Waals surface area contributed by atoms with E-state index in [-0.39, 0.29) is 11.9 Å². The topological polar surface area (TPSA) is 66.9 Å². The molecule has 160 valence electrons. The molecule has 1 atom stereocenters. The summed E-state index contributed by atoms with van der Waals surface area (Å²) in [6.45, 7) is 2.04. The van der Waals surface area contributed by atoms with E-state index < -0.39 is 0 Å². The predicted octanol–water partition coefficient (Wildman–Crippen LogP) is 5.64. The lowest BCUT2D eigenvalue weighted by atomic mass is 10.1. The van der Waals surface area contributed by atoms with Crippen LogP contribution in [0.5, 0.6) is 0 Å².